The Labute approximate surface area is 153 Å². The molecular weight excluding hydrogens is 332 g/mol. The molecule has 1 heterocycles. The third-order valence-electron chi connectivity index (χ3n) is 6.31. The van der Waals surface area contributed by atoms with Crippen LogP contribution in [0.3, 0.4) is 0 Å². The Kier molecular flexibility index (Phi) is 4.35. The molecule has 0 aromatic heterocycles. The monoisotopic (exact) mass is 356 g/mol. The lowest BCUT2D eigenvalue weighted by Gasteiger charge is -2.46. The van der Waals surface area contributed by atoms with Gasteiger partial charge in [0, 0.05) is 25.7 Å². The van der Waals surface area contributed by atoms with Crippen molar-refractivity contribution in [3.8, 4) is 12.1 Å². The van der Waals surface area contributed by atoms with Crippen molar-refractivity contribution in [3.05, 3.63) is 12.7 Å². The molecule has 2 saturated carbocycles. The van der Waals surface area contributed by atoms with E-state index in [1.807, 2.05) is 0 Å². The second-order valence-corrected chi connectivity index (χ2v) is 8.16. The number of carbonyl (C=O) groups is 2. The fourth-order valence-electron chi connectivity index (χ4n) is 5.30. The van der Waals surface area contributed by atoms with Gasteiger partial charge < -0.3 is 9.47 Å². The summed E-state index contributed by atoms with van der Waals surface area (Å²) in [5.74, 6) is -4.21. The van der Waals surface area contributed by atoms with Crippen molar-refractivity contribution < 1.29 is 19.1 Å². The molecule has 6 heteroatoms. The predicted octanol–water partition coefficient (Wildman–Crippen LogP) is 3.24. The number of hydrogen-bond acceptors (Lipinski definition) is 6. The van der Waals surface area contributed by atoms with Crippen LogP contribution in [0.15, 0.2) is 12.7 Å². The number of ether oxygens (including phenoxy) is 2. The summed E-state index contributed by atoms with van der Waals surface area (Å²) in [5.41, 5.74) is -3.09. The molecule has 0 N–H and O–H groups in total. The van der Waals surface area contributed by atoms with Crippen molar-refractivity contribution in [1.29, 1.82) is 10.5 Å². The van der Waals surface area contributed by atoms with Crippen molar-refractivity contribution >= 4 is 11.9 Å². The van der Waals surface area contributed by atoms with Crippen molar-refractivity contribution in [2.75, 3.05) is 0 Å². The van der Waals surface area contributed by atoms with E-state index in [2.05, 4.69) is 18.7 Å². The highest BCUT2D eigenvalue weighted by Crippen LogP contribution is 2.64. The molecule has 6 nitrogen and oxygen atoms in total. The zero-order valence-corrected chi connectivity index (χ0v) is 15.3. The van der Waals surface area contributed by atoms with E-state index in [0.717, 1.165) is 32.1 Å². The minimum absolute atomic E-state index is 0.0747. The Morgan fingerprint density at radius 2 is 1.62 bits per heavy atom. The first-order valence-corrected chi connectivity index (χ1v) is 9.19. The normalized spacial score (nSPS) is 32.2. The number of allylic oxidation sites excluding steroid dienone is 1. The zero-order valence-electron chi connectivity index (χ0n) is 15.3. The molecule has 0 radical (unpaired) electrons. The van der Waals surface area contributed by atoms with Crippen molar-refractivity contribution in [2.45, 2.75) is 58.2 Å². The van der Waals surface area contributed by atoms with Gasteiger partial charge in [0.15, 0.2) is 5.41 Å². The van der Waals surface area contributed by atoms with Crippen LogP contribution in [0.4, 0.5) is 0 Å². The highest BCUT2D eigenvalue weighted by atomic mass is 16.7. The van der Waals surface area contributed by atoms with E-state index >= 15 is 0 Å². The van der Waals surface area contributed by atoms with Gasteiger partial charge in [-0.3, -0.25) is 9.59 Å². The summed E-state index contributed by atoms with van der Waals surface area (Å²) in [4.78, 5) is 26.4. The highest BCUT2D eigenvalue weighted by Gasteiger charge is 2.75. The first-order chi connectivity index (χ1) is 12.3. The van der Waals surface area contributed by atoms with Crippen molar-refractivity contribution in [1.82, 2.24) is 0 Å². The second kappa shape index (κ2) is 6.13. The summed E-state index contributed by atoms with van der Waals surface area (Å²) in [6.07, 6.45) is 6.16. The zero-order chi connectivity index (χ0) is 19.2. The number of nitriles is 2. The number of esters is 2. The number of cyclic esters (lactones) is 2. The Hall–Kier alpha value is -2.34. The Bertz CT molecular complexity index is 687. The summed E-state index contributed by atoms with van der Waals surface area (Å²) < 4.78 is 10.9. The average molecular weight is 356 g/mol. The summed E-state index contributed by atoms with van der Waals surface area (Å²) in [7, 11) is 0. The summed E-state index contributed by atoms with van der Waals surface area (Å²) in [5, 5.41) is 19.8. The van der Waals surface area contributed by atoms with Crippen LogP contribution < -0.4 is 0 Å². The molecule has 2 atom stereocenters. The van der Waals surface area contributed by atoms with Crippen LogP contribution >= 0.6 is 0 Å². The fourth-order valence-corrected chi connectivity index (χ4v) is 5.30. The summed E-state index contributed by atoms with van der Waals surface area (Å²) in [6, 6.07) is 4.30. The Morgan fingerprint density at radius 3 is 2.08 bits per heavy atom. The molecule has 3 aliphatic rings. The number of rotatable bonds is 2. The van der Waals surface area contributed by atoms with Gasteiger partial charge in [0.25, 0.3) is 5.79 Å². The molecule has 0 aromatic rings. The Morgan fingerprint density at radius 1 is 1.08 bits per heavy atom. The molecule has 26 heavy (non-hydrogen) atoms. The van der Waals surface area contributed by atoms with E-state index in [9.17, 15) is 20.1 Å². The van der Waals surface area contributed by atoms with Gasteiger partial charge >= 0.3 is 11.9 Å². The lowest BCUT2D eigenvalue weighted by atomic mass is 9.59. The molecule has 0 aromatic carbocycles. The third-order valence-corrected chi connectivity index (χ3v) is 6.31. The molecular formula is C20H24N2O4. The van der Waals surface area contributed by atoms with Gasteiger partial charge in [-0.1, -0.05) is 38.2 Å². The maximum absolute atomic E-state index is 13.2. The SMILES string of the molecule is C=CC1CC(C#N)(C#N)C(C2CCCCC2)C12C(=O)OC(C)(C)OC2=O. The average Bonchev–Trinajstić information content (AvgIpc) is 2.92. The number of nitrogens with zero attached hydrogens (tertiary/aromatic N) is 2. The van der Waals surface area contributed by atoms with Crippen LogP contribution in [0.1, 0.15) is 52.4 Å². The lowest BCUT2D eigenvalue weighted by molar-refractivity contribution is -0.258. The topological polar surface area (TPSA) is 100 Å². The molecule has 0 bridgehead atoms. The van der Waals surface area contributed by atoms with Crippen LogP contribution in [0.2, 0.25) is 0 Å². The van der Waals surface area contributed by atoms with E-state index in [4.69, 9.17) is 9.47 Å². The molecule has 1 aliphatic heterocycles. The van der Waals surface area contributed by atoms with Gasteiger partial charge in [-0.15, -0.1) is 6.58 Å². The van der Waals surface area contributed by atoms with E-state index < -0.39 is 40.4 Å². The smallest absolute Gasteiger partial charge is 0.327 e. The molecule has 1 saturated heterocycles. The van der Waals surface area contributed by atoms with Gasteiger partial charge in [-0.25, -0.2) is 0 Å². The first kappa shape index (κ1) is 18.5. The largest absolute Gasteiger partial charge is 0.422 e. The minimum Gasteiger partial charge on any atom is -0.422 e. The van der Waals surface area contributed by atoms with Gasteiger partial charge in [0.05, 0.1) is 12.1 Å². The maximum atomic E-state index is 13.2. The second-order valence-electron chi connectivity index (χ2n) is 8.16. The molecule has 2 aliphatic carbocycles. The van der Waals surface area contributed by atoms with Crippen LogP contribution in [0.25, 0.3) is 0 Å². The predicted molar refractivity (Wildman–Crippen MR) is 90.7 cm³/mol. The van der Waals surface area contributed by atoms with Crippen LogP contribution in [0, 0.1) is 51.2 Å². The van der Waals surface area contributed by atoms with Crippen LogP contribution in [-0.2, 0) is 19.1 Å². The molecule has 2 unspecified atom stereocenters. The Balaban J connectivity index is 2.20. The van der Waals surface area contributed by atoms with Crippen LogP contribution in [0.5, 0.6) is 0 Å². The quantitative estimate of drug-likeness (QED) is 0.428. The number of carbonyl (C=O) groups excluding carboxylic acids is 2. The third kappa shape index (κ3) is 2.35. The standard InChI is InChI=1S/C20H24N2O4/c1-4-14-10-19(11-21,12-22)15(13-8-6-5-7-9-13)20(14)16(23)25-18(2,3)26-17(20)24/h4,13-15H,1,5-10H2,2-3H3. The molecule has 1 spiro atoms. The fraction of sp³-hybridized carbons (Fsp3) is 0.700. The highest BCUT2D eigenvalue weighted by molar-refractivity contribution is 6.03. The van der Waals surface area contributed by atoms with Gasteiger partial charge in [0.1, 0.15) is 5.41 Å². The van der Waals surface area contributed by atoms with Gasteiger partial charge in [-0.05, 0) is 12.3 Å². The first-order valence-electron chi connectivity index (χ1n) is 9.19. The molecule has 3 rings (SSSR count). The molecule has 3 fully saturated rings. The van der Waals surface area contributed by atoms with Gasteiger partial charge in [0.2, 0.25) is 0 Å². The van der Waals surface area contributed by atoms with Crippen molar-refractivity contribution in [3.63, 3.8) is 0 Å². The summed E-state index contributed by atoms with van der Waals surface area (Å²) in [6.45, 7) is 6.79. The van der Waals surface area contributed by atoms with Crippen LogP contribution in [-0.4, -0.2) is 17.7 Å². The van der Waals surface area contributed by atoms with Crippen molar-refractivity contribution in [2.24, 2.45) is 28.6 Å². The van der Waals surface area contributed by atoms with E-state index in [1.54, 1.807) is 0 Å². The van der Waals surface area contributed by atoms with Gasteiger partial charge in [-0.2, -0.15) is 10.5 Å². The summed E-state index contributed by atoms with van der Waals surface area (Å²) >= 11 is 0. The van der Waals surface area contributed by atoms with E-state index in [0.29, 0.717) is 0 Å². The molecule has 0 amide bonds. The lowest BCUT2D eigenvalue weighted by Crippen LogP contribution is -2.60. The maximum Gasteiger partial charge on any atom is 0.327 e. The number of hydrogen-bond donors (Lipinski definition) is 0. The molecule has 138 valence electrons. The van der Waals surface area contributed by atoms with E-state index in [1.165, 1.54) is 19.9 Å². The van der Waals surface area contributed by atoms with E-state index in [-0.39, 0.29) is 12.3 Å². The minimum atomic E-state index is -1.66.